The van der Waals surface area contributed by atoms with Gasteiger partial charge in [-0.25, -0.2) is 18.9 Å². The van der Waals surface area contributed by atoms with Gasteiger partial charge in [-0.2, -0.15) is 10.4 Å². The molecule has 0 bridgehead atoms. The van der Waals surface area contributed by atoms with Gasteiger partial charge in [0.05, 0.1) is 46.6 Å². The van der Waals surface area contributed by atoms with Gasteiger partial charge in [0.25, 0.3) is 0 Å². The number of anilines is 3. The van der Waals surface area contributed by atoms with Gasteiger partial charge in [0.1, 0.15) is 6.07 Å². The molecule has 0 aromatic carbocycles. The highest BCUT2D eigenvalue weighted by molar-refractivity contribution is 6.30. The smallest absolute Gasteiger partial charge is 0.404 e. The van der Waals surface area contributed by atoms with Crippen molar-refractivity contribution in [3.8, 4) is 11.8 Å². The zero-order chi connectivity index (χ0) is 23.5. The number of rotatable bonds is 8. The van der Waals surface area contributed by atoms with Crippen LogP contribution < -0.4 is 16.0 Å². The normalized spacial score (nSPS) is 14.7. The number of amides is 1. The largest absolute Gasteiger partial charge is 0.465 e. The van der Waals surface area contributed by atoms with Gasteiger partial charge in [-0.05, 0) is 37.8 Å². The Labute approximate surface area is 193 Å². The Morgan fingerprint density at radius 1 is 1.33 bits per heavy atom. The minimum atomic E-state index is -1.16. The number of hydrogen-bond acceptors (Lipinski definition) is 7. The van der Waals surface area contributed by atoms with Crippen LogP contribution in [0.25, 0.3) is 5.69 Å². The molecule has 0 spiro atoms. The lowest BCUT2D eigenvalue weighted by atomic mass is 10.0. The summed E-state index contributed by atoms with van der Waals surface area (Å²) in [5, 5.41) is 31.6. The van der Waals surface area contributed by atoms with Gasteiger partial charge in [-0.3, -0.25) is 4.98 Å². The zero-order valence-electron chi connectivity index (χ0n) is 17.5. The number of hydrogen-bond donors (Lipinski definition) is 4. The molecule has 0 radical (unpaired) electrons. The molecule has 3 aromatic rings. The first-order valence-corrected chi connectivity index (χ1v) is 10.5. The molecule has 2 atom stereocenters. The Bertz CT molecular complexity index is 1220. The molecule has 4 N–H and O–H groups in total. The molecule has 1 aliphatic rings. The third-order valence-corrected chi connectivity index (χ3v) is 5.42. The number of nitrogens with one attached hydrogen (secondary N) is 3. The van der Waals surface area contributed by atoms with Crippen LogP contribution in [0.2, 0.25) is 5.02 Å². The molecule has 10 nitrogen and oxygen atoms in total. The van der Waals surface area contributed by atoms with Gasteiger partial charge < -0.3 is 21.1 Å². The predicted molar refractivity (Wildman–Crippen MR) is 119 cm³/mol. The molecule has 1 saturated carbocycles. The lowest BCUT2D eigenvalue weighted by Gasteiger charge is -2.26. The monoisotopic (exact) mass is 470 g/mol. The number of nitriles is 1. The highest BCUT2D eigenvalue weighted by Gasteiger charge is 2.36. The van der Waals surface area contributed by atoms with E-state index in [0.717, 1.165) is 18.9 Å². The van der Waals surface area contributed by atoms with E-state index in [2.05, 4.69) is 31.0 Å². The molecular formula is C21H20ClFN8O2. The second kappa shape index (κ2) is 9.30. The molecule has 170 valence electrons. The summed E-state index contributed by atoms with van der Waals surface area (Å²) in [6, 6.07) is 3.92. The molecule has 0 aliphatic heterocycles. The van der Waals surface area contributed by atoms with Crippen molar-refractivity contribution in [2.75, 3.05) is 10.6 Å². The molecule has 4 rings (SSSR count). The second-order valence-electron chi connectivity index (χ2n) is 7.73. The molecule has 1 aliphatic carbocycles. The van der Waals surface area contributed by atoms with Crippen molar-refractivity contribution in [2.24, 2.45) is 5.92 Å². The third kappa shape index (κ3) is 5.30. The summed E-state index contributed by atoms with van der Waals surface area (Å²) in [4.78, 5) is 19.5. The SMILES string of the molecule is C[C@H](NC(=O)O)[C@H](Nc1nc(Nc2cncc(-n3cc(Cl)cn3)c2)c(C#N)cc1F)C1CC1. The van der Waals surface area contributed by atoms with Gasteiger partial charge in [-0.1, -0.05) is 11.6 Å². The molecular weight excluding hydrogens is 451 g/mol. The highest BCUT2D eigenvalue weighted by atomic mass is 35.5. The fourth-order valence-electron chi connectivity index (χ4n) is 3.52. The van der Waals surface area contributed by atoms with Crippen molar-refractivity contribution >= 4 is 35.0 Å². The van der Waals surface area contributed by atoms with Crippen LogP contribution in [-0.4, -0.2) is 43.0 Å². The molecule has 1 amide bonds. The van der Waals surface area contributed by atoms with Gasteiger partial charge >= 0.3 is 6.09 Å². The fourth-order valence-corrected chi connectivity index (χ4v) is 3.66. The summed E-state index contributed by atoms with van der Waals surface area (Å²) >= 11 is 5.92. The topological polar surface area (TPSA) is 141 Å². The van der Waals surface area contributed by atoms with E-state index >= 15 is 0 Å². The van der Waals surface area contributed by atoms with Crippen LogP contribution in [0.3, 0.4) is 0 Å². The Kier molecular flexibility index (Phi) is 6.28. The number of carbonyl (C=O) groups is 1. The van der Waals surface area contributed by atoms with Crippen LogP contribution in [0.4, 0.5) is 26.5 Å². The molecule has 33 heavy (non-hydrogen) atoms. The second-order valence-corrected chi connectivity index (χ2v) is 8.17. The summed E-state index contributed by atoms with van der Waals surface area (Å²) in [5.74, 6) is -0.451. The number of pyridine rings is 2. The quantitative estimate of drug-likeness (QED) is 0.388. The molecule has 3 aromatic heterocycles. The van der Waals surface area contributed by atoms with E-state index in [0.29, 0.717) is 16.4 Å². The first-order chi connectivity index (χ1) is 15.8. The van der Waals surface area contributed by atoms with Crippen molar-refractivity contribution in [2.45, 2.75) is 31.8 Å². The van der Waals surface area contributed by atoms with E-state index in [1.165, 1.54) is 17.1 Å². The van der Waals surface area contributed by atoms with E-state index < -0.39 is 18.0 Å². The van der Waals surface area contributed by atoms with E-state index in [1.54, 1.807) is 25.4 Å². The van der Waals surface area contributed by atoms with Crippen LogP contribution in [0.15, 0.2) is 36.9 Å². The lowest BCUT2D eigenvalue weighted by Crippen LogP contribution is -2.45. The van der Waals surface area contributed by atoms with E-state index in [1.807, 2.05) is 6.07 Å². The molecule has 0 unspecified atom stereocenters. The van der Waals surface area contributed by atoms with Crippen molar-refractivity contribution in [3.63, 3.8) is 0 Å². The first kappa shape index (κ1) is 22.3. The Hall–Kier alpha value is -3.91. The number of nitrogens with zero attached hydrogens (tertiary/aromatic N) is 5. The Balaban J connectivity index is 1.61. The van der Waals surface area contributed by atoms with Crippen LogP contribution in [0.5, 0.6) is 0 Å². The fraction of sp³-hybridized carbons (Fsp3) is 0.286. The van der Waals surface area contributed by atoms with E-state index in [9.17, 15) is 14.4 Å². The maximum Gasteiger partial charge on any atom is 0.404 e. The van der Waals surface area contributed by atoms with Crippen LogP contribution in [-0.2, 0) is 0 Å². The molecule has 0 saturated heterocycles. The van der Waals surface area contributed by atoms with Crippen molar-refractivity contribution in [1.82, 2.24) is 25.1 Å². The maximum absolute atomic E-state index is 14.7. The molecule has 3 heterocycles. The first-order valence-electron chi connectivity index (χ1n) is 10.1. The van der Waals surface area contributed by atoms with Gasteiger partial charge in [0.2, 0.25) is 0 Å². The number of halogens is 2. The van der Waals surface area contributed by atoms with Crippen molar-refractivity contribution < 1.29 is 14.3 Å². The molecule has 12 heteroatoms. The highest BCUT2D eigenvalue weighted by Crippen LogP contribution is 2.36. The standard InChI is InChI=1S/C21H20ClFN8O2/c1-11(27-21(32)33)18(12-2-3-12)29-20-17(23)4-13(6-24)19(30-20)28-15-5-16(9-25-8-15)31-10-14(22)7-26-31/h4-5,7-12,18,27H,2-3H2,1H3,(H,32,33)(H2,28,29,30)/t11-,18-/m0/s1. The van der Waals surface area contributed by atoms with E-state index in [-0.39, 0.29) is 29.2 Å². The van der Waals surface area contributed by atoms with Crippen LogP contribution in [0.1, 0.15) is 25.3 Å². The maximum atomic E-state index is 14.7. The zero-order valence-corrected chi connectivity index (χ0v) is 18.2. The summed E-state index contributed by atoms with van der Waals surface area (Å²) in [6.45, 7) is 1.71. The Morgan fingerprint density at radius 3 is 2.76 bits per heavy atom. The summed E-state index contributed by atoms with van der Waals surface area (Å²) < 4.78 is 16.3. The van der Waals surface area contributed by atoms with E-state index in [4.69, 9.17) is 16.7 Å². The number of carboxylic acid groups (broad SMARTS) is 1. The van der Waals surface area contributed by atoms with Gasteiger partial charge in [0, 0.05) is 12.2 Å². The van der Waals surface area contributed by atoms with Gasteiger partial charge in [0.15, 0.2) is 17.5 Å². The average Bonchev–Trinajstić information content (AvgIpc) is 3.52. The number of aromatic nitrogens is 4. The summed E-state index contributed by atoms with van der Waals surface area (Å²) in [5.41, 5.74) is 1.12. The summed E-state index contributed by atoms with van der Waals surface area (Å²) in [6.07, 6.45) is 6.87. The Morgan fingerprint density at radius 2 is 2.12 bits per heavy atom. The van der Waals surface area contributed by atoms with Gasteiger partial charge in [-0.15, -0.1) is 0 Å². The van der Waals surface area contributed by atoms with Crippen LogP contribution >= 0.6 is 11.6 Å². The van der Waals surface area contributed by atoms with Crippen molar-refractivity contribution in [1.29, 1.82) is 5.26 Å². The summed E-state index contributed by atoms with van der Waals surface area (Å²) in [7, 11) is 0. The lowest BCUT2D eigenvalue weighted by molar-refractivity contribution is 0.188. The van der Waals surface area contributed by atoms with Crippen LogP contribution in [0, 0.1) is 23.1 Å². The molecule has 1 fully saturated rings. The average molecular weight is 471 g/mol. The minimum Gasteiger partial charge on any atom is -0.465 e. The van der Waals surface area contributed by atoms with Crippen molar-refractivity contribution in [3.05, 3.63) is 53.3 Å². The predicted octanol–water partition coefficient (Wildman–Crippen LogP) is 3.92. The minimum absolute atomic E-state index is 0.00488. The third-order valence-electron chi connectivity index (χ3n) is 5.22.